The predicted molar refractivity (Wildman–Crippen MR) is 96.3 cm³/mol. The molecule has 7 heteroatoms. The van der Waals surface area contributed by atoms with E-state index in [-0.39, 0.29) is 6.10 Å². The third-order valence-corrected chi connectivity index (χ3v) is 4.56. The molecule has 1 aliphatic rings. The first kappa shape index (κ1) is 16.6. The molecule has 2 heterocycles. The largest absolute Gasteiger partial charge is 0.486 e. The molecule has 0 spiro atoms. The molecule has 0 radical (unpaired) electrons. The molecule has 0 saturated carbocycles. The second-order valence-electron chi connectivity index (χ2n) is 5.49. The average molecular weight is 346 g/mol. The molecule has 3 rings (SSSR count). The number of aliphatic imine (C=N–C) groups is 1. The van der Waals surface area contributed by atoms with Crippen LogP contribution in [0, 0.1) is 6.92 Å². The fourth-order valence-electron chi connectivity index (χ4n) is 2.40. The summed E-state index contributed by atoms with van der Waals surface area (Å²) in [6, 6.07) is 7.72. The molecule has 1 unspecified atom stereocenters. The van der Waals surface area contributed by atoms with Crippen molar-refractivity contribution in [3.05, 3.63) is 40.3 Å². The highest BCUT2D eigenvalue weighted by Crippen LogP contribution is 2.30. The summed E-state index contributed by atoms with van der Waals surface area (Å²) in [6.45, 7) is 4.01. The standard InChI is InChI=1S/C17H22N4O2S/c1-12-9-20-16(24-12)7-8-19-17(18-2)21-10-13-11-22-14-5-3-4-6-15(14)23-13/h3-6,9,13H,7-8,10-11H2,1-2H3,(H2,18,19,21). The first-order chi connectivity index (χ1) is 11.7. The predicted octanol–water partition coefficient (Wildman–Crippen LogP) is 2.00. The molecule has 1 aromatic carbocycles. The van der Waals surface area contributed by atoms with Crippen LogP contribution in [0.1, 0.15) is 9.88 Å². The molecule has 0 bridgehead atoms. The van der Waals surface area contributed by atoms with Crippen molar-refractivity contribution < 1.29 is 9.47 Å². The third-order valence-electron chi connectivity index (χ3n) is 3.59. The quantitative estimate of drug-likeness (QED) is 0.640. The molecular formula is C17H22N4O2S. The van der Waals surface area contributed by atoms with E-state index in [1.807, 2.05) is 30.5 Å². The SMILES string of the molecule is CN=C(NCCc1ncc(C)s1)NCC1COc2ccccc2O1. The van der Waals surface area contributed by atoms with Crippen LogP contribution in [-0.2, 0) is 6.42 Å². The minimum Gasteiger partial charge on any atom is -0.486 e. The van der Waals surface area contributed by atoms with Gasteiger partial charge in [0.1, 0.15) is 12.7 Å². The van der Waals surface area contributed by atoms with Crippen molar-refractivity contribution in [1.29, 1.82) is 0 Å². The Kier molecular flexibility index (Phi) is 5.53. The zero-order chi connectivity index (χ0) is 16.8. The van der Waals surface area contributed by atoms with E-state index in [0.29, 0.717) is 13.2 Å². The molecule has 1 aliphatic heterocycles. The van der Waals surface area contributed by atoms with Gasteiger partial charge in [-0.2, -0.15) is 0 Å². The molecule has 6 nitrogen and oxygen atoms in total. The fraction of sp³-hybridized carbons (Fsp3) is 0.412. The number of para-hydroxylation sites is 2. The highest BCUT2D eigenvalue weighted by molar-refractivity contribution is 7.11. The van der Waals surface area contributed by atoms with Gasteiger partial charge in [0.2, 0.25) is 0 Å². The van der Waals surface area contributed by atoms with Crippen molar-refractivity contribution in [2.24, 2.45) is 4.99 Å². The minimum atomic E-state index is -0.0416. The molecule has 128 valence electrons. The molecule has 2 N–H and O–H groups in total. The fourth-order valence-corrected chi connectivity index (χ4v) is 3.19. The van der Waals surface area contributed by atoms with Gasteiger partial charge < -0.3 is 20.1 Å². The summed E-state index contributed by atoms with van der Waals surface area (Å²) >= 11 is 1.73. The zero-order valence-electron chi connectivity index (χ0n) is 13.9. The van der Waals surface area contributed by atoms with Gasteiger partial charge in [0.05, 0.1) is 11.6 Å². The molecule has 2 aromatic rings. The smallest absolute Gasteiger partial charge is 0.191 e. The highest BCUT2D eigenvalue weighted by atomic mass is 32.1. The van der Waals surface area contributed by atoms with E-state index >= 15 is 0 Å². The molecule has 1 atom stereocenters. The Bertz CT molecular complexity index is 701. The van der Waals surface area contributed by atoms with E-state index in [1.165, 1.54) is 4.88 Å². The molecule has 24 heavy (non-hydrogen) atoms. The summed E-state index contributed by atoms with van der Waals surface area (Å²) < 4.78 is 11.6. The number of thiazole rings is 1. The average Bonchev–Trinajstić information content (AvgIpc) is 3.03. The van der Waals surface area contributed by atoms with E-state index in [1.54, 1.807) is 18.4 Å². The van der Waals surface area contributed by atoms with Crippen molar-refractivity contribution in [2.45, 2.75) is 19.4 Å². The Balaban J connectivity index is 1.41. The summed E-state index contributed by atoms with van der Waals surface area (Å²) in [4.78, 5) is 9.83. The number of fused-ring (bicyclic) bond motifs is 1. The van der Waals surface area contributed by atoms with Gasteiger partial charge >= 0.3 is 0 Å². The first-order valence-corrected chi connectivity index (χ1v) is 8.80. The normalized spacial score (nSPS) is 16.8. The highest BCUT2D eigenvalue weighted by Gasteiger charge is 2.20. The summed E-state index contributed by atoms with van der Waals surface area (Å²) in [7, 11) is 1.76. The maximum atomic E-state index is 5.92. The first-order valence-electron chi connectivity index (χ1n) is 7.99. The Morgan fingerprint density at radius 1 is 1.33 bits per heavy atom. The van der Waals surface area contributed by atoms with Crippen LogP contribution in [0.5, 0.6) is 11.5 Å². The minimum absolute atomic E-state index is 0.0416. The number of nitrogens with zero attached hydrogens (tertiary/aromatic N) is 2. The summed E-state index contributed by atoms with van der Waals surface area (Å²) in [6.07, 6.45) is 2.75. The van der Waals surface area contributed by atoms with Crippen LogP contribution in [0.25, 0.3) is 0 Å². The van der Waals surface area contributed by atoms with Crippen LogP contribution < -0.4 is 20.1 Å². The van der Waals surface area contributed by atoms with Crippen LogP contribution in [0.2, 0.25) is 0 Å². The van der Waals surface area contributed by atoms with E-state index < -0.39 is 0 Å². The van der Waals surface area contributed by atoms with E-state index in [2.05, 4.69) is 27.5 Å². The van der Waals surface area contributed by atoms with Crippen molar-refractivity contribution in [1.82, 2.24) is 15.6 Å². The number of hydrogen-bond donors (Lipinski definition) is 2. The van der Waals surface area contributed by atoms with Crippen LogP contribution in [-0.4, -0.2) is 43.8 Å². The number of guanidine groups is 1. The maximum Gasteiger partial charge on any atom is 0.191 e. The van der Waals surface area contributed by atoms with E-state index in [0.717, 1.165) is 35.4 Å². The summed E-state index contributed by atoms with van der Waals surface area (Å²) in [5.41, 5.74) is 0. The van der Waals surface area contributed by atoms with Gasteiger partial charge in [-0.05, 0) is 19.1 Å². The number of benzene rings is 1. The number of nitrogens with one attached hydrogen (secondary N) is 2. The lowest BCUT2D eigenvalue weighted by Gasteiger charge is -2.27. The van der Waals surface area contributed by atoms with Gasteiger partial charge in [-0.15, -0.1) is 11.3 Å². The Morgan fingerprint density at radius 3 is 2.92 bits per heavy atom. The number of ether oxygens (including phenoxy) is 2. The molecule has 1 aromatic heterocycles. The van der Waals surface area contributed by atoms with Crippen molar-refractivity contribution in [2.75, 3.05) is 26.7 Å². The zero-order valence-corrected chi connectivity index (χ0v) is 14.7. The maximum absolute atomic E-state index is 5.92. The van der Waals surface area contributed by atoms with E-state index in [4.69, 9.17) is 9.47 Å². The topological polar surface area (TPSA) is 67.8 Å². The second-order valence-corrected chi connectivity index (χ2v) is 6.81. The van der Waals surface area contributed by atoms with Crippen molar-refractivity contribution >= 4 is 17.3 Å². The lowest BCUT2D eigenvalue weighted by Crippen LogP contribution is -2.45. The lowest BCUT2D eigenvalue weighted by atomic mass is 10.2. The lowest BCUT2D eigenvalue weighted by molar-refractivity contribution is 0.0936. The molecule has 0 saturated heterocycles. The third kappa shape index (κ3) is 4.38. The Morgan fingerprint density at radius 2 is 2.17 bits per heavy atom. The van der Waals surface area contributed by atoms with Crippen molar-refractivity contribution in [3.63, 3.8) is 0 Å². The Hall–Kier alpha value is -2.28. The van der Waals surface area contributed by atoms with Gasteiger partial charge in [0.15, 0.2) is 17.5 Å². The van der Waals surface area contributed by atoms with Crippen LogP contribution in [0.4, 0.5) is 0 Å². The van der Waals surface area contributed by atoms with Gasteiger partial charge in [-0.1, -0.05) is 12.1 Å². The molecule has 0 amide bonds. The van der Waals surface area contributed by atoms with Gasteiger partial charge in [-0.3, -0.25) is 4.99 Å². The van der Waals surface area contributed by atoms with Crippen LogP contribution in [0.15, 0.2) is 35.5 Å². The molecule has 0 fully saturated rings. The van der Waals surface area contributed by atoms with Gasteiger partial charge in [-0.25, -0.2) is 4.98 Å². The van der Waals surface area contributed by atoms with Gasteiger partial charge in [0, 0.05) is 31.1 Å². The summed E-state index contributed by atoms with van der Waals surface area (Å²) in [5, 5.41) is 7.71. The summed E-state index contributed by atoms with van der Waals surface area (Å²) in [5.74, 6) is 2.35. The second kappa shape index (κ2) is 8.01. The van der Waals surface area contributed by atoms with Gasteiger partial charge in [0.25, 0.3) is 0 Å². The molecular weight excluding hydrogens is 324 g/mol. The number of aryl methyl sites for hydroxylation is 1. The van der Waals surface area contributed by atoms with Crippen molar-refractivity contribution in [3.8, 4) is 11.5 Å². The van der Waals surface area contributed by atoms with E-state index in [9.17, 15) is 0 Å². The number of hydrogen-bond acceptors (Lipinski definition) is 5. The molecule has 0 aliphatic carbocycles. The Labute approximate surface area is 145 Å². The number of rotatable bonds is 5. The number of aromatic nitrogens is 1. The van der Waals surface area contributed by atoms with Crippen LogP contribution >= 0.6 is 11.3 Å². The monoisotopic (exact) mass is 346 g/mol. The van der Waals surface area contributed by atoms with Crippen LogP contribution in [0.3, 0.4) is 0 Å².